The van der Waals surface area contributed by atoms with Crippen molar-refractivity contribution in [1.82, 2.24) is 15.3 Å². The Morgan fingerprint density at radius 2 is 2.05 bits per heavy atom. The fraction of sp³-hybridized carbons (Fsp3) is 0.333. The minimum atomic E-state index is 0.0285. The normalized spacial score (nSPS) is 12.2. The van der Waals surface area contributed by atoms with E-state index in [9.17, 15) is 0 Å². The Balaban J connectivity index is 2.28. The number of rotatable bonds is 6. The molecule has 0 aliphatic rings. The molecular formula is C15H17Cl2N3O. The van der Waals surface area contributed by atoms with Gasteiger partial charge in [0, 0.05) is 34.3 Å². The van der Waals surface area contributed by atoms with Crippen LogP contribution in [0.2, 0.25) is 10.0 Å². The molecule has 6 heteroatoms. The van der Waals surface area contributed by atoms with Crippen molar-refractivity contribution in [3.8, 4) is 5.88 Å². The maximum atomic E-state index is 6.30. The van der Waals surface area contributed by atoms with E-state index in [4.69, 9.17) is 27.9 Å². The van der Waals surface area contributed by atoms with Crippen molar-refractivity contribution < 1.29 is 4.74 Å². The summed E-state index contributed by atoms with van der Waals surface area (Å²) in [7, 11) is 1.59. The average molecular weight is 326 g/mol. The van der Waals surface area contributed by atoms with Gasteiger partial charge in [0.25, 0.3) is 0 Å². The van der Waals surface area contributed by atoms with Crippen LogP contribution in [0.5, 0.6) is 5.88 Å². The van der Waals surface area contributed by atoms with Crippen molar-refractivity contribution in [2.45, 2.75) is 19.4 Å². The molecule has 0 bridgehead atoms. The summed E-state index contributed by atoms with van der Waals surface area (Å²) in [5.41, 5.74) is 1.84. The molecule has 2 aromatic rings. The zero-order valence-electron chi connectivity index (χ0n) is 11.9. The van der Waals surface area contributed by atoms with Crippen molar-refractivity contribution in [3.05, 3.63) is 51.9 Å². The molecule has 0 spiro atoms. The Labute approximate surface area is 134 Å². The lowest BCUT2D eigenvalue weighted by molar-refractivity contribution is 0.395. The summed E-state index contributed by atoms with van der Waals surface area (Å²) in [6.45, 7) is 2.86. The summed E-state index contributed by atoms with van der Waals surface area (Å²) >= 11 is 12.4. The highest BCUT2D eigenvalue weighted by Gasteiger charge is 2.16. The zero-order chi connectivity index (χ0) is 15.2. The second-order valence-corrected chi connectivity index (χ2v) is 5.38. The lowest BCUT2D eigenvalue weighted by Gasteiger charge is -2.19. The number of nitrogens with zero attached hydrogens (tertiary/aromatic N) is 2. The summed E-state index contributed by atoms with van der Waals surface area (Å²) in [4.78, 5) is 8.29. The topological polar surface area (TPSA) is 47.0 Å². The first kappa shape index (κ1) is 16.0. The van der Waals surface area contributed by atoms with Gasteiger partial charge >= 0.3 is 0 Å². The molecule has 0 fully saturated rings. The van der Waals surface area contributed by atoms with Crippen LogP contribution < -0.4 is 10.1 Å². The molecule has 1 aromatic heterocycles. The van der Waals surface area contributed by atoms with Crippen LogP contribution in [0.4, 0.5) is 0 Å². The smallest absolute Gasteiger partial charge is 0.216 e. The molecule has 1 unspecified atom stereocenters. The average Bonchev–Trinajstić information content (AvgIpc) is 2.49. The number of likely N-dealkylation sites (N-methyl/N-ethyl adjacent to an activating group) is 1. The number of nitrogens with one attached hydrogen (secondary N) is 1. The molecule has 4 nitrogen and oxygen atoms in total. The highest BCUT2D eigenvalue weighted by Crippen LogP contribution is 2.28. The first-order valence-electron chi connectivity index (χ1n) is 6.67. The van der Waals surface area contributed by atoms with E-state index in [1.54, 1.807) is 13.2 Å². The lowest BCUT2D eigenvalue weighted by atomic mass is 10.0. The van der Waals surface area contributed by atoms with Gasteiger partial charge in [-0.05, 0) is 30.3 Å². The molecule has 1 heterocycles. The fourth-order valence-corrected chi connectivity index (χ4v) is 2.56. The summed E-state index contributed by atoms with van der Waals surface area (Å²) in [6.07, 6.45) is 2.17. The van der Waals surface area contributed by atoms with Crippen LogP contribution in [0, 0.1) is 0 Å². The van der Waals surface area contributed by atoms with Gasteiger partial charge in [0.1, 0.15) is 6.33 Å². The maximum Gasteiger partial charge on any atom is 0.216 e. The van der Waals surface area contributed by atoms with Gasteiger partial charge in [-0.1, -0.05) is 30.1 Å². The largest absolute Gasteiger partial charge is 0.481 e. The predicted octanol–water partition coefficient (Wildman–Crippen LogP) is 3.69. The van der Waals surface area contributed by atoms with Crippen LogP contribution >= 0.6 is 23.2 Å². The van der Waals surface area contributed by atoms with Gasteiger partial charge in [-0.15, -0.1) is 0 Å². The van der Waals surface area contributed by atoms with Gasteiger partial charge in [0.05, 0.1) is 7.11 Å². The van der Waals surface area contributed by atoms with Gasteiger partial charge in [-0.2, -0.15) is 0 Å². The molecule has 0 aliphatic carbocycles. The predicted molar refractivity (Wildman–Crippen MR) is 85.2 cm³/mol. The molecule has 1 aromatic carbocycles. The molecular weight excluding hydrogens is 309 g/mol. The second kappa shape index (κ2) is 7.59. The van der Waals surface area contributed by atoms with E-state index in [0.717, 1.165) is 17.8 Å². The monoisotopic (exact) mass is 325 g/mol. The third kappa shape index (κ3) is 4.30. The van der Waals surface area contributed by atoms with Crippen LogP contribution in [0.1, 0.15) is 24.2 Å². The van der Waals surface area contributed by atoms with Crippen LogP contribution in [0.3, 0.4) is 0 Å². The van der Waals surface area contributed by atoms with E-state index >= 15 is 0 Å². The summed E-state index contributed by atoms with van der Waals surface area (Å²) in [5.74, 6) is 0.549. The van der Waals surface area contributed by atoms with Crippen molar-refractivity contribution in [2.24, 2.45) is 0 Å². The minimum Gasteiger partial charge on any atom is -0.481 e. The van der Waals surface area contributed by atoms with Crippen LogP contribution in [0.25, 0.3) is 0 Å². The number of aromatic nitrogens is 2. The van der Waals surface area contributed by atoms with Crippen molar-refractivity contribution in [2.75, 3.05) is 13.7 Å². The molecule has 1 atom stereocenters. The number of halogens is 2. The fourth-order valence-electron chi connectivity index (χ4n) is 2.13. The number of methoxy groups -OCH3 is 1. The number of hydrogen-bond acceptors (Lipinski definition) is 4. The molecule has 0 aliphatic heterocycles. The first-order chi connectivity index (χ1) is 10.1. The van der Waals surface area contributed by atoms with Crippen molar-refractivity contribution in [1.29, 1.82) is 0 Å². The maximum absolute atomic E-state index is 6.30. The summed E-state index contributed by atoms with van der Waals surface area (Å²) in [6, 6.07) is 7.33. The number of benzene rings is 1. The first-order valence-corrected chi connectivity index (χ1v) is 7.43. The Bertz CT molecular complexity index is 607. The van der Waals surface area contributed by atoms with Gasteiger partial charge in [0.15, 0.2) is 0 Å². The Morgan fingerprint density at radius 3 is 2.76 bits per heavy atom. The molecule has 112 valence electrons. The van der Waals surface area contributed by atoms with E-state index in [-0.39, 0.29) is 6.04 Å². The van der Waals surface area contributed by atoms with E-state index in [0.29, 0.717) is 22.3 Å². The highest BCUT2D eigenvalue weighted by atomic mass is 35.5. The Morgan fingerprint density at radius 1 is 1.24 bits per heavy atom. The molecule has 2 rings (SSSR count). The van der Waals surface area contributed by atoms with Gasteiger partial charge < -0.3 is 10.1 Å². The molecule has 0 radical (unpaired) electrons. The van der Waals surface area contributed by atoms with Gasteiger partial charge in [-0.3, -0.25) is 0 Å². The second-order valence-electron chi connectivity index (χ2n) is 4.53. The third-order valence-electron chi connectivity index (χ3n) is 3.11. The van der Waals surface area contributed by atoms with Gasteiger partial charge in [0.2, 0.25) is 5.88 Å². The van der Waals surface area contributed by atoms with Gasteiger partial charge in [-0.25, -0.2) is 9.97 Å². The number of hydrogen-bond donors (Lipinski definition) is 1. The van der Waals surface area contributed by atoms with E-state index < -0.39 is 0 Å². The van der Waals surface area contributed by atoms with Crippen molar-refractivity contribution in [3.63, 3.8) is 0 Å². The van der Waals surface area contributed by atoms with E-state index in [1.165, 1.54) is 6.33 Å². The van der Waals surface area contributed by atoms with Crippen LogP contribution in [-0.2, 0) is 6.42 Å². The molecule has 0 amide bonds. The van der Waals surface area contributed by atoms with E-state index in [2.05, 4.69) is 15.3 Å². The standard InChI is InChI=1S/C15H17Cl2N3O/c1-3-18-14(12-6-10(16)4-5-13(12)17)7-11-8-15(21-2)20-9-19-11/h4-6,8-9,14,18H,3,7H2,1-2H3. The molecule has 0 saturated heterocycles. The van der Waals surface area contributed by atoms with Crippen LogP contribution in [-0.4, -0.2) is 23.6 Å². The molecule has 0 saturated carbocycles. The number of ether oxygens (including phenoxy) is 1. The van der Waals surface area contributed by atoms with E-state index in [1.807, 2.05) is 25.1 Å². The highest BCUT2D eigenvalue weighted by molar-refractivity contribution is 6.33. The quantitative estimate of drug-likeness (QED) is 0.879. The summed E-state index contributed by atoms with van der Waals surface area (Å²) in [5, 5.41) is 4.76. The summed E-state index contributed by atoms with van der Waals surface area (Å²) < 4.78 is 5.13. The molecule has 21 heavy (non-hydrogen) atoms. The Kier molecular flexibility index (Phi) is 5.79. The zero-order valence-corrected chi connectivity index (χ0v) is 13.4. The third-order valence-corrected chi connectivity index (χ3v) is 3.68. The Hall–Kier alpha value is -1.36. The van der Waals surface area contributed by atoms with Crippen molar-refractivity contribution >= 4 is 23.2 Å². The van der Waals surface area contributed by atoms with Crippen LogP contribution in [0.15, 0.2) is 30.6 Å². The minimum absolute atomic E-state index is 0.0285. The SMILES string of the molecule is CCNC(Cc1cc(OC)ncn1)c1cc(Cl)ccc1Cl. The lowest BCUT2D eigenvalue weighted by Crippen LogP contribution is -2.23. The molecule has 1 N–H and O–H groups in total.